The molecule has 0 spiro atoms. The van der Waals surface area contributed by atoms with Crippen LogP contribution in [0.15, 0.2) is 77.3 Å². The first kappa shape index (κ1) is 16.9. The fourth-order valence-electron chi connectivity index (χ4n) is 3.09. The minimum Gasteiger partial charge on any atom is -0.485 e. The zero-order valence-corrected chi connectivity index (χ0v) is 16.1. The molecule has 0 saturated heterocycles. The number of imidazole rings is 1. The van der Waals surface area contributed by atoms with Crippen LogP contribution >= 0.6 is 15.9 Å². The van der Waals surface area contributed by atoms with Crippen molar-refractivity contribution >= 4 is 27.0 Å². The summed E-state index contributed by atoms with van der Waals surface area (Å²) in [5.41, 5.74) is 4.46. The van der Waals surface area contributed by atoms with Crippen LogP contribution in [0.5, 0.6) is 5.75 Å². The molecule has 0 aliphatic carbocycles. The summed E-state index contributed by atoms with van der Waals surface area (Å²) in [4.78, 5) is 4.80. The maximum absolute atomic E-state index is 6.06. The molecule has 0 N–H and O–H groups in total. The monoisotopic (exact) mass is 406 g/mol. The van der Waals surface area contributed by atoms with Crippen molar-refractivity contribution in [3.8, 4) is 5.75 Å². The number of para-hydroxylation sites is 3. The number of fused-ring (bicyclic) bond motifs is 1. The molecule has 0 aliphatic heterocycles. The van der Waals surface area contributed by atoms with Crippen LogP contribution in [0.3, 0.4) is 0 Å². The predicted octanol–water partition coefficient (Wildman–Crippen LogP) is 5.73. The van der Waals surface area contributed by atoms with Crippen molar-refractivity contribution in [2.24, 2.45) is 0 Å². The van der Waals surface area contributed by atoms with E-state index in [9.17, 15) is 0 Å². The van der Waals surface area contributed by atoms with E-state index in [1.54, 1.807) is 0 Å². The number of rotatable bonds is 5. The molecule has 4 heteroatoms. The molecule has 4 aromatic rings. The molecule has 0 saturated carbocycles. The Hall–Kier alpha value is -2.59. The molecule has 1 aromatic heterocycles. The predicted molar refractivity (Wildman–Crippen MR) is 108 cm³/mol. The lowest BCUT2D eigenvalue weighted by molar-refractivity contribution is 0.289. The van der Waals surface area contributed by atoms with E-state index < -0.39 is 0 Å². The van der Waals surface area contributed by atoms with Gasteiger partial charge in [0.25, 0.3) is 0 Å². The third-order valence-electron chi connectivity index (χ3n) is 4.41. The first-order chi connectivity index (χ1) is 12.7. The van der Waals surface area contributed by atoms with Crippen molar-refractivity contribution in [2.75, 3.05) is 0 Å². The van der Waals surface area contributed by atoms with E-state index in [-0.39, 0.29) is 0 Å². The molecule has 26 heavy (non-hydrogen) atoms. The number of aromatic nitrogens is 2. The highest BCUT2D eigenvalue weighted by atomic mass is 79.9. The van der Waals surface area contributed by atoms with Gasteiger partial charge in [-0.05, 0) is 48.4 Å². The number of halogens is 1. The summed E-state index contributed by atoms with van der Waals surface area (Å²) in [5.74, 6) is 1.82. The number of benzene rings is 3. The first-order valence-corrected chi connectivity index (χ1v) is 9.37. The summed E-state index contributed by atoms with van der Waals surface area (Å²) in [5, 5.41) is 0. The van der Waals surface area contributed by atoms with Gasteiger partial charge in [-0.2, -0.15) is 0 Å². The van der Waals surface area contributed by atoms with Crippen molar-refractivity contribution < 1.29 is 4.74 Å². The molecule has 0 fully saturated rings. The smallest absolute Gasteiger partial charge is 0.148 e. The Kier molecular flexibility index (Phi) is 4.76. The van der Waals surface area contributed by atoms with E-state index in [1.807, 2.05) is 42.5 Å². The maximum Gasteiger partial charge on any atom is 0.148 e. The van der Waals surface area contributed by atoms with Gasteiger partial charge in [0.15, 0.2) is 0 Å². The molecule has 0 radical (unpaired) electrons. The van der Waals surface area contributed by atoms with Gasteiger partial charge in [0.05, 0.1) is 11.0 Å². The lowest BCUT2D eigenvalue weighted by Gasteiger charge is -2.12. The fraction of sp³-hybridized carbons (Fsp3) is 0.136. The fourth-order valence-corrected chi connectivity index (χ4v) is 3.54. The average molecular weight is 407 g/mol. The van der Waals surface area contributed by atoms with Crippen LogP contribution < -0.4 is 4.74 Å². The molecular weight excluding hydrogens is 388 g/mol. The zero-order valence-electron chi connectivity index (χ0n) is 14.5. The Morgan fingerprint density at radius 2 is 1.77 bits per heavy atom. The second-order valence-corrected chi connectivity index (χ2v) is 7.20. The molecule has 0 atom stereocenters. The standard InChI is InChI=1S/C22H19BrN2O/c1-16-7-2-5-12-21(16)26-15-22-24-19-10-3-4-11-20(19)25(22)14-17-8-6-9-18(23)13-17/h2-13H,14-15H2,1H3. The quantitative estimate of drug-likeness (QED) is 0.422. The Balaban J connectivity index is 1.68. The molecule has 0 bridgehead atoms. The molecule has 3 aromatic carbocycles. The van der Waals surface area contributed by atoms with E-state index in [1.165, 1.54) is 5.56 Å². The SMILES string of the molecule is Cc1ccccc1OCc1nc2ccccc2n1Cc1cccc(Br)c1. The summed E-state index contributed by atoms with van der Waals surface area (Å²) in [6.07, 6.45) is 0. The topological polar surface area (TPSA) is 27.1 Å². The third kappa shape index (κ3) is 3.51. The normalized spacial score (nSPS) is 11.0. The van der Waals surface area contributed by atoms with E-state index >= 15 is 0 Å². The van der Waals surface area contributed by atoms with Crippen LogP contribution in [-0.2, 0) is 13.2 Å². The Labute approximate surface area is 161 Å². The summed E-state index contributed by atoms with van der Waals surface area (Å²) >= 11 is 3.55. The van der Waals surface area contributed by atoms with E-state index in [4.69, 9.17) is 9.72 Å². The summed E-state index contributed by atoms with van der Waals surface area (Å²) in [6.45, 7) is 3.25. The number of aryl methyl sites for hydroxylation is 1. The van der Waals surface area contributed by atoms with Gasteiger partial charge in [-0.25, -0.2) is 4.98 Å². The molecule has 0 aliphatic rings. The highest BCUT2D eigenvalue weighted by Crippen LogP contribution is 2.22. The van der Waals surface area contributed by atoms with Gasteiger partial charge in [0.1, 0.15) is 18.2 Å². The van der Waals surface area contributed by atoms with Crippen LogP contribution in [0.2, 0.25) is 0 Å². The van der Waals surface area contributed by atoms with Gasteiger partial charge in [0.2, 0.25) is 0 Å². The van der Waals surface area contributed by atoms with Crippen LogP contribution in [-0.4, -0.2) is 9.55 Å². The molecule has 130 valence electrons. The van der Waals surface area contributed by atoms with Crippen molar-refractivity contribution in [3.63, 3.8) is 0 Å². The van der Waals surface area contributed by atoms with Gasteiger partial charge in [-0.15, -0.1) is 0 Å². The molecule has 0 unspecified atom stereocenters. The van der Waals surface area contributed by atoms with E-state index in [0.29, 0.717) is 6.61 Å². The van der Waals surface area contributed by atoms with Gasteiger partial charge in [0, 0.05) is 11.0 Å². The van der Waals surface area contributed by atoms with Crippen molar-refractivity contribution in [3.05, 3.63) is 94.2 Å². The lowest BCUT2D eigenvalue weighted by atomic mass is 10.2. The Bertz CT molecular complexity index is 1050. The van der Waals surface area contributed by atoms with Crippen molar-refractivity contribution in [1.82, 2.24) is 9.55 Å². The number of nitrogens with zero attached hydrogens (tertiary/aromatic N) is 2. The summed E-state index contributed by atoms with van der Waals surface area (Å²) < 4.78 is 9.37. The molecule has 4 rings (SSSR count). The summed E-state index contributed by atoms with van der Waals surface area (Å²) in [6, 6.07) is 24.7. The highest BCUT2D eigenvalue weighted by molar-refractivity contribution is 9.10. The third-order valence-corrected chi connectivity index (χ3v) is 4.91. The Morgan fingerprint density at radius 3 is 2.62 bits per heavy atom. The van der Waals surface area contributed by atoms with Crippen LogP contribution in [0.4, 0.5) is 0 Å². The zero-order chi connectivity index (χ0) is 17.9. The first-order valence-electron chi connectivity index (χ1n) is 8.58. The Morgan fingerprint density at radius 1 is 0.962 bits per heavy atom. The lowest BCUT2D eigenvalue weighted by Crippen LogP contribution is -2.08. The summed E-state index contributed by atoms with van der Waals surface area (Å²) in [7, 11) is 0. The van der Waals surface area contributed by atoms with Gasteiger partial charge in [-0.1, -0.05) is 58.4 Å². The van der Waals surface area contributed by atoms with E-state index in [2.05, 4.69) is 57.8 Å². The largest absolute Gasteiger partial charge is 0.485 e. The van der Waals surface area contributed by atoms with Crippen molar-refractivity contribution in [2.45, 2.75) is 20.1 Å². The van der Waals surface area contributed by atoms with Crippen molar-refractivity contribution in [1.29, 1.82) is 0 Å². The number of hydrogen-bond acceptors (Lipinski definition) is 2. The minimum atomic E-state index is 0.438. The second-order valence-electron chi connectivity index (χ2n) is 6.29. The minimum absolute atomic E-state index is 0.438. The van der Waals surface area contributed by atoms with Crippen LogP contribution in [0.25, 0.3) is 11.0 Å². The second kappa shape index (κ2) is 7.34. The highest BCUT2D eigenvalue weighted by Gasteiger charge is 2.12. The van der Waals surface area contributed by atoms with Crippen LogP contribution in [0, 0.1) is 6.92 Å². The van der Waals surface area contributed by atoms with E-state index in [0.717, 1.165) is 39.2 Å². The maximum atomic E-state index is 6.06. The van der Waals surface area contributed by atoms with Gasteiger partial charge in [-0.3, -0.25) is 0 Å². The van der Waals surface area contributed by atoms with Crippen LogP contribution in [0.1, 0.15) is 17.0 Å². The molecular formula is C22H19BrN2O. The number of hydrogen-bond donors (Lipinski definition) is 0. The molecule has 0 amide bonds. The van der Waals surface area contributed by atoms with Gasteiger partial charge >= 0.3 is 0 Å². The van der Waals surface area contributed by atoms with Gasteiger partial charge < -0.3 is 9.30 Å². The molecule has 3 nitrogen and oxygen atoms in total. The average Bonchev–Trinajstić information content (AvgIpc) is 2.99. The molecule has 1 heterocycles. The number of ether oxygens (including phenoxy) is 1.